The number of aryl methyl sites for hydroxylation is 2. The molecule has 3 N–H and O–H groups in total. The van der Waals surface area contributed by atoms with Crippen LogP contribution in [0.2, 0.25) is 0 Å². The predicted octanol–water partition coefficient (Wildman–Crippen LogP) is 1.70. The number of nitrogens with one attached hydrogen (secondary N) is 1. The fourth-order valence-electron chi connectivity index (χ4n) is 5.04. The Bertz CT molecular complexity index is 802. The van der Waals surface area contributed by atoms with E-state index in [1.165, 1.54) is 25.6 Å². The first kappa shape index (κ1) is 17.4. The number of carbonyl (C=O) groups is 1. The summed E-state index contributed by atoms with van der Waals surface area (Å²) < 4.78 is 1.74. The summed E-state index contributed by atoms with van der Waals surface area (Å²) >= 11 is 0. The van der Waals surface area contributed by atoms with Gasteiger partial charge in [-0.2, -0.15) is 10.1 Å². The van der Waals surface area contributed by atoms with Crippen molar-refractivity contribution < 1.29 is 4.79 Å². The van der Waals surface area contributed by atoms with Crippen molar-refractivity contribution in [2.45, 2.75) is 70.9 Å². The molecule has 2 aliphatic rings. The highest BCUT2D eigenvalue weighted by Crippen LogP contribution is 2.39. The van der Waals surface area contributed by atoms with Gasteiger partial charge in [-0.05, 0) is 63.4 Å². The average Bonchev–Trinajstić information content (AvgIpc) is 3.04. The van der Waals surface area contributed by atoms with E-state index in [0.717, 1.165) is 29.8 Å². The van der Waals surface area contributed by atoms with E-state index in [2.05, 4.69) is 20.4 Å². The van der Waals surface area contributed by atoms with Gasteiger partial charge in [-0.3, -0.25) is 4.79 Å². The van der Waals surface area contributed by atoms with Crippen molar-refractivity contribution in [3.63, 3.8) is 0 Å². The summed E-state index contributed by atoms with van der Waals surface area (Å²) in [6, 6.07) is 0.624. The van der Waals surface area contributed by atoms with Crippen LogP contribution < -0.4 is 11.1 Å². The van der Waals surface area contributed by atoms with E-state index in [9.17, 15) is 4.79 Å². The molecule has 2 atom stereocenters. The molecule has 0 radical (unpaired) electrons. The zero-order valence-corrected chi connectivity index (χ0v) is 15.6. The second kappa shape index (κ2) is 6.95. The summed E-state index contributed by atoms with van der Waals surface area (Å²) in [7, 11) is 0. The van der Waals surface area contributed by atoms with Crippen molar-refractivity contribution in [2.75, 3.05) is 0 Å². The lowest BCUT2D eigenvalue weighted by molar-refractivity contribution is -0.123. The number of fused-ring (bicyclic) bond motifs is 3. The first-order valence-corrected chi connectivity index (χ1v) is 9.73. The van der Waals surface area contributed by atoms with Crippen LogP contribution in [-0.4, -0.2) is 37.6 Å². The summed E-state index contributed by atoms with van der Waals surface area (Å²) in [5.41, 5.74) is 9.22. The number of aromatic nitrogens is 4. The van der Waals surface area contributed by atoms with E-state index in [-0.39, 0.29) is 5.91 Å². The van der Waals surface area contributed by atoms with Gasteiger partial charge in [0.05, 0.1) is 0 Å². The van der Waals surface area contributed by atoms with E-state index >= 15 is 0 Å². The van der Waals surface area contributed by atoms with E-state index in [4.69, 9.17) is 5.73 Å². The summed E-state index contributed by atoms with van der Waals surface area (Å²) in [5, 5.41) is 7.55. The first-order valence-electron chi connectivity index (χ1n) is 9.73. The van der Waals surface area contributed by atoms with Crippen molar-refractivity contribution in [3.05, 3.63) is 23.3 Å². The zero-order chi connectivity index (χ0) is 18.3. The Morgan fingerprint density at radius 3 is 2.77 bits per heavy atom. The van der Waals surface area contributed by atoms with Gasteiger partial charge < -0.3 is 11.1 Å². The number of amides is 1. The second-order valence-electron chi connectivity index (χ2n) is 8.01. The lowest BCUT2D eigenvalue weighted by atomic mass is 9.67. The van der Waals surface area contributed by atoms with Gasteiger partial charge in [-0.1, -0.05) is 6.42 Å². The SMILES string of the molecule is Cc1nc2ncnn2c(C)c1CCC(=O)NC1C2CCCC1CC(N)C2. The average molecular weight is 356 g/mol. The molecule has 2 aromatic heterocycles. The van der Waals surface area contributed by atoms with Crippen LogP contribution in [0, 0.1) is 25.7 Å². The molecule has 0 saturated heterocycles. The number of nitrogens with zero attached hydrogens (tertiary/aromatic N) is 4. The third-order valence-corrected chi connectivity index (χ3v) is 6.29. The van der Waals surface area contributed by atoms with Gasteiger partial charge in [0.25, 0.3) is 5.78 Å². The van der Waals surface area contributed by atoms with Crippen LogP contribution in [0.4, 0.5) is 0 Å². The van der Waals surface area contributed by atoms with E-state index < -0.39 is 0 Å². The molecule has 0 aromatic carbocycles. The van der Waals surface area contributed by atoms with Gasteiger partial charge in [0.1, 0.15) is 6.33 Å². The molecule has 2 aromatic rings. The van der Waals surface area contributed by atoms with Gasteiger partial charge in [0.15, 0.2) is 0 Å². The molecule has 0 spiro atoms. The van der Waals surface area contributed by atoms with Gasteiger partial charge >= 0.3 is 0 Å². The molecule has 2 heterocycles. The van der Waals surface area contributed by atoms with E-state index in [1.807, 2.05) is 13.8 Å². The molecule has 140 valence electrons. The fraction of sp³-hybridized carbons (Fsp3) is 0.684. The molecule has 2 bridgehead atoms. The Morgan fingerprint density at radius 1 is 1.31 bits per heavy atom. The second-order valence-corrected chi connectivity index (χ2v) is 8.01. The molecule has 26 heavy (non-hydrogen) atoms. The van der Waals surface area contributed by atoms with Crippen molar-refractivity contribution >= 4 is 11.7 Å². The smallest absolute Gasteiger partial charge is 0.252 e. The number of carbonyl (C=O) groups excluding carboxylic acids is 1. The maximum atomic E-state index is 12.6. The third-order valence-electron chi connectivity index (χ3n) is 6.29. The first-order chi connectivity index (χ1) is 12.5. The normalized spacial score (nSPS) is 28.3. The van der Waals surface area contributed by atoms with Crippen molar-refractivity contribution in [1.29, 1.82) is 0 Å². The number of hydrogen-bond acceptors (Lipinski definition) is 5. The van der Waals surface area contributed by atoms with Gasteiger partial charge in [-0.25, -0.2) is 9.50 Å². The van der Waals surface area contributed by atoms with Crippen LogP contribution in [0.1, 0.15) is 55.5 Å². The molecule has 7 nitrogen and oxygen atoms in total. The summed E-state index contributed by atoms with van der Waals surface area (Å²) in [5.74, 6) is 1.86. The standard InChI is InChI=1S/C19H28N6O/c1-11-16(12(2)25-19(23-11)21-10-22-25)6-7-17(26)24-18-13-4-3-5-14(18)9-15(20)8-13/h10,13-15,18H,3-9,20H2,1-2H3,(H,24,26). The number of nitrogens with two attached hydrogens (primary N) is 1. The largest absolute Gasteiger partial charge is 0.353 e. The monoisotopic (exact) mass is 356 g/mol. The Morgan fingerprint density at radius 2 is 2.04 bits per heavy atom. The zero-order valence-electron chi connectivity index (χ0n) is 15.6. The Kier molecular flexibility index (Phi) is 4.65. The Hall–Kier alpha value is -2.02. The molecule has 2 fully saturated rings. The number of hydrogen-bond donors (Lipinski definition) is 2. The summed E-state index contributed by atoms with van der Waals surface area (Å²) in [6.07, 6.45) is 8.42. The quantitative estimate of drug-likeness (QED) is 0.869. The lowest BCUT2D eigenvalue weighted by Crippen LogP contribution is -2.53. The van der Waals surface area contributed by atoms with Crippen molar-refractivity contribution in [2.24, 2.45) is 17.6 Å². The van der Waals surface area contributed by atoms with Gasteiger partial charge in [0.2, 0.25) is 5.91 Å². The molecular formula is C19H28N6O. The Labute approximate surface area is 153 Å². The maximum absolute atomic E-state index is 12.6. The highest BCUT2D eigenvalue weighted by Gasteiger charge is 2.39. The molecule has 1 amide bonds. The topological polar surface area (TPSA) is 98.2 Å². The molecule has 2 unspecified atom stereocenters. The minimum atomic E-state index is 0.139. The van der Waals surface area contributed by atoms with Crippen LogP contribution in [0.25, 0.3) is 5.78 Å². The van der Waals surface area contributed by atoms with Crippen LogP contribution in [0.5, 0.6) is 0 Å². The number of rotatable bonds is 4. The van der Waals surface area contributed by atoms with Crippen LogP contribution in [-0.2, 0) is 11.2 Å². The minimum absolute atomic E-state index is 0.139. The highest BCUT2D eigenvalue weighted by atomic mass is 16.1. The lowest BCUT2D eigenvalue weighted by Gasteiger charge is -2.45. The summed E-state index contributed by atoms with van der Waals surface area (Å²) in [4.78, 5) is 21.3. The Balaban J connectivity index is 1.42. The maximum Gasteiger partial charge on any atom is 0.252 e. The predicted molar refractivity (Wildman–Crippen MR) is 98.5 cm³/mol. The molecule has 4 rings (SSSR count). The fourth-order valence-corrected chi connectivity index (χ4v) is 5.04. The van der Waals surface area contributed by atoms with Crippen LogP contribution in [0.15, 0.2) is 6.33 Å². The van der Waals surface area contributed by atoms with Crippen molar-refractivity contribution in [1.82, 2.24) is 24.9 Å². The van der Waals surface area contributed by atoms with E-state index in [0.29, 0.717) is 42.5 Å². The third kappa shape index (κ3) is 3.20. The molecular weight excluding hydrogens is 328 g/mol. The minimum Gasteiger partial charge on any atom is -0.353 e. The molecule has 2 aliphatic carbocycles. The van der Waals surface area contributed by atoms with Crippen molar-refractivity contribution in [3.8, 4) is 0 Å². The molecule has 0 aliphatic heterocycles. The molecule has 7 heteroatoms. The van der Waals surface area contributed by atoms with Crippen LogP contribution in [0.3, 0.4) is 0 Å². The van der Waals surface area contributed by atoms with Gasteiger partial charge in [-0.15, -0.1) is 0 Å². The van der Waals surface area contributed by atoms with E-state index in [1.54, 1.807) is 4.52 Å². The van der Waals surface area contributed by atoms with Gasteiger partial charge in [0, 0.05) is 29.9 Å². The molecule has 2 saturated carbocycles. The highest BCUT2D eigenvalue weighted by molar-refractivity contribution is 5.76. The summed E-state index contributed by atoms with van der Waals surface area (Å²) in [6.45, 7) is 3.98. The van der Waals surface area contributed by atoms with Crippen LogP contribution >= 0.6 is 0 Å².